The standard InChI is InChI=1S/C13H15ClN2OS/c1-3-15-7-10-8-16-13(18-10)9-4-5-12(17-2)11(14)6-9/h4-6,8,15H,3,7H2,1-2H3. The van der Waals surface area contributed by atoms with Gasteiger partial charge in [-0.1, -0.05) is 18.5 Å². The molecule has 0 aliphatic heterocycles. The lowest BCUT2D eigenvalue weighted by Gasteiger charge is -2.03. The Morgan fingerprint density at radius 2 is 2.28 bits per heavy atom. The Morgan fingerprint density at radius 1 is 1.44 bits per heavy atom. The number of methoxy groups -OCH3 is 1. The number of halogens is 1. The Balaban J connectivity index is 2.20. The highest BCUT2D eigenvalue weighted by molar-refractivity contribution is 7.15. The minimum Gasteiger partial charge on any atom is -0.495 e. The first-order chi connectivity index (χ1) is 8.74. The molecular weight excluding hydrogens is 268 g/mol. The van der Waals surface area contributed by atoms with Gasteiger partial charge < -0.3 is 10.1 Å². The van der Waals surface area contributed by atoms with E-state index in [4.69, 9.17) is 16.3 Å². The molecule has 0 fully saturated rings. The maximum atomic E-state index is 6.11. The molecular formula is C13H15ClN2OS. The molecule has 0 saturated heterocycles. The van der Waals surface area contributed by atoms with E-state index in [1.165, 1.54) is 4.88 Å². The molecule has 0 atom stereocenters. The number of ether oxygens (including phenoxy) is 1. The van der Waals surface area contributed by atoms with Crippen molar-refractivity contribution >= 4 is 22.9 Å². The maximum absolute atomic E-state index is 6.11. The molecule has 0 saturated carbocycles. The van der Waals surface area contributed by atoms with Gasteiger partial charge in [-0.2, -0.15) is 0 Å². The fraction of sp³-hybridized carbons (Fsp3) is 0.308. The molecule has 0 radical (unpaired) electrons. The van der Waals surface area contributed by atoms with Crippen molar-refractivity contribution in [3.8, 4) is 16.3 Å². The van der Waals surface area contributed by atoms with Gasteiger partial charge in [-0.05, 0) is 24.7 Å². The molecule has 0 amide bonds. The molecule has 18 heavy (non-hydrogen) atoms. The summed E-state index contributed by atoms with van der Waals surface area (Å²) in [5.74, 6) is 0.685. The van der Waals surface area contributed by atoms with Crippen LogP contribution in [-0.2, 0) is 6.54 Å². The van der Waals surface area contributed by atoms with Crippen molar-refractivity contribution in [1.82, 2.24) is 10.3 Å². The van der Waals surface area contributed by atoms with Crippen LogP contribution in [0.15, 0.2) is 24.4 Å². The van der Waals surface area contributed by atoms with Crippen LogP contribution in [0.4, 0.5) is 0 Å². The molecule has 0 unspecified atom stereocenters. The summed E-state index contributed by atoms with van der Waals surface area (Å²) in [6.45, 7) is 3.91. The van der Waals surface area contributed by atoms with Gasteiger partial charge in [0.2, 0.25) is 0 Å². The third-order valence-electron chi connectivity index (χ3n) is 2.50. The van der Waals surface area contributed by atoms with Gasteiger partial charge in [0.1, 0.15) is 10.8 Å². The number of nitrogens with one attached hydrogen (secondary N) is 1. The van der Waals surface area contributed by atoms with E-state index in [0.29, 0.717) is 10.8 Å². The monoisotopic (exact) mass is 282 g/mol. The summed E-state index contributed by atoms with van der Waals surface area (Å²) in [5.41, 5.74) is 1.02. The molecule has 1 aromatic heterocycles. The second kappa shape index (κ2) is 6.18. The summed E-state index contributed by atoms with van der Waals surface area (Å²) in [6.07, 6.45) is 1.90. The van der Waals surface area contributed by atoms with Gasteiger partial charge in [0.25, 0.3) is 0 Å². The second-order valence-corrected chi connectivity index (χ2v) is 5.28. The van der Waals surface area contributed by atoms with Crippen LogP contribution in [0.5, 0.6) is 5.75 Å². The number of thiazole rings is 1. The third kappa shape index (κ3) is 3.02. The van der Waals surface area contributed by atoms with E-state index in [1.54, 1.807) is 18.4 Å². The Kier molecular flexibility index (Phi) is 4.58. The number of benzene rings is 1. The lowest BCUT2D eigenvalue weighted by molar-refractivity contribution is 0.415. The molecule has 1 aromatic carbocycles. The minimum absolute atomic E-state index is 0.610. The highest BCUT2D eigenvalue weighted by Gasteiger charge is 2.07. The van der Waals surface area contributed by atoms with Crippen molar-refractivity contribution in [2.24, 2.45) is 0 Å². The molecule has 96 valence electrons. The first-order valence-corrected chi connectivity index (χ1v) is 6.93. The Hall–Kier alpha value is -1.10. The van der Waals surface area contributed by atoms with E-state index < -0.39 is 0 Å². The first-order valence-electron chi connectivity index (χ1n) is 5.74. The average molecular weight is 283 g/mol. The lowest BCUT2D eigenvalue weighted by Crippen LogP contribution is -2.10. The molecule has 1 N–H and O–H groups in total. The van der Waals surface area contributed by atoms with Crippen LogP contribution in [0.25, 0.3) is 10.6 Å². The average Bonchev–Trinajstić information content (AvgIpc) is 2.85. The van der Waals surface area contributed by atoms with E-state index in [9.17, 15) is 0 Å². The summed E-state index contributed by atoms with van der Waals surface area (Å²) in [4.78, 5) is 5.64. The second-order valence-electron chi connectivity index (χ2n) is 3.76. The molecule has 1 heterocycles. The van der Waals surface area contributed by atoms with Crippen LogP contribution >= 0.6 is 22.9 Å². The Labute approximate surface area is 116 Å². The van der Waals surface area contributed by atoms with E-state index in [2.05, 4.69) is 17.2 Å². The van der Waals surface area contributed by atoms with E-state index in [-0.39, 0.29) is 0 Å². The molecule has 0 spiro atoms. The summed E-state index contributed by atoms with van der Waals surface area (Å²) in [5, 5.41) is 4.87. The van der Waals surface area contributed by atoms with Crippen LogP contribution in [0.1, 0.15) is 11.8 Å². The Morgan fingerprint density at radius 3 is 2.94 bits per heavy atom. The van der Waals surface area contributed by atoms with Crippen LogP contribution < -0.4 is 10.1 Å². The van der Waals surface area contributed by atoms with Gasteiger partial charge in [-0.25, -0.2) is 4.98 Å². The van der Waals surface area contributed by atoms with Gasteiger partial charge in [0.15, 0.2) is 0 Å². The third-order valence-corrected chi connectivity index (χ3v) is 3.84. The number of rotatable bonds is 5. The smallest absolute Gasteiger partial charge is 0.137 e. The number of aromatic nitrogens is 1. The van der Waals surface area contributed by atoms with E-state index in [1.807, 2.05) is 24.4 Å². The summed E-state index contributed by atoms with van der Waals surface area (Å²) < 4.78 is 5.14. The fourth-order valence-corrected chi connectivity index (χ4v) is 2.71. The van der Waals surface area contributed by atoms with Crippen molar-refractivity contribution in [2.75, 3.05) is 13.7 Å². The van der Waals surface area contributed by atoms with Gasteiger partial charge in [0.05, 0.1) is 12.1 Å². The molecule has 0 aliphatic carbocycles. The van der Waals surface area contributed by atoms with Crippen molar-refractivity contribution in [1.29, 1.82) is 0 Å². The molecule has 2 aromatic rings. The minimum atomic E-state index is 0.610. The van der Waals surface area contributed by atoms with Crippen LogP contribution in [0.3, 0.4) is 0 Å². The normalized spacial score (nSPS) is 10.6. The number of hydrogen-bond acceptors (Lipinski definition) is 4. The van der Waals surface area contributed by atoms with E-state index >= 15 is 0 Å². The predicted molar refractivity (Wildman–Crippen MR) is 76.5 cm³/mol. The van der Waals surface area contributed by atoms with E-state index in [0.717, 1.165) is 23.7 Å². The van der Waals surface area contributed by atoms with Gasteiger partial charge in [0, 0.05) is 23.2 Å². The Bertz CT molecular complexity index is 527. The zero-order chi connectivity index (χ0) is 13.0. The van der Waals surface area contributed by atoms with Crippen molar-refractivity contribution in [3.05, 3.63) is 34.3 Å². The SMILES string of the molecule is CCNCc1cnc(-c2ccc(OC)c(Cl)c2)s1. The summed E-state index contributed by atoms with van der Waals surface area (Å²) >= 11 is 7.78. The molecule has 5 heteroatoms. The van der Waals surface area contributed by atoms with Crippen molar-refractivity contribution in [3.63, 3.8) is 0 Å². The molecule has 3 nitrogen and oxygen atoms in total. The lowest BCUT2D eigenvalue weighted by atomic mass is 10.2. The first kappa shape index (κ1) is 13.3. The zero-order valence-electron chi connectivity index (χ0n) is 10.4. The maximum Gasteiger partial charge on any atom is 0.137 e. The predicted octanol–water partition coefficient (Wildman–Crippen LogP) is 3.58. The van der Waals surface area contributed by atoms with Crippen LogP contribution in [-0.4, -0.2) is 18.6 Å². The van der Waals surface area contributed by atoms with Gasteiger partial charge in [-0.3, -0.25) is 0 Å². The topological polar surface area (TPSA) is 34.2 Å². The fourth-order valence-electron chi connectivity index (χ4n) is 1.57. The molecule has 2 rings (SSSR count). The molecule has 0 bridgehead atoms. The number of hydrogen-bond donors (Lipinski definition) is 1. The highest BCUT2D eigenvalue weighted by Crippen LogP contribution is 2.32. The quantitative estimate of drug-likeness (QED) is 0.910. The highest BCUT2D eigenvalue weighted by atomic mass is 35.5. The largest absolute Gasteiger partial charge is 0.495 e. The van der Waals surface area contributed by atoms with Gasteiger partial charge in [-0.15, -0.1) is 11.3 Å². The molecule has 0 aliphatic rings. The van der Waals surface area contributed by atoms with Crippen LogP contribution in [0, 0.1) is 0 Å². The van der Waals surface area contributed by atoms with Gasteiger partial charge >= 0.3 is 0 Å². The zero-order valence-corrected chi connectivity index (χ0v) is 11.9. The summed E-state index contributed by atoms with van der Waals surface area (Å²) in [6, 6.07) is 5.72. The van der Waals surface area contributed by atoms with Crippen molar-refractivity contribution < 1.29 is 4.74 Å². The van der Waals surface area contributed by atoms with Crippen LogP contribution in [0.2, 0.25) is 5.02 Å². The summed E-state index contributed by atoms with van der Waals surface area (Å²) in [7, 11) is 1.61. The number of nitrogens with zero attached hydrogens (tertiary/aromatic N) is 1. The van der Waals surface area contributed by atoms with Crippen molar-refractivity contribution in [2.45, 2.75) is 13.5 Å².